The molecule has 0 radical (unpaired) electrons. The van der Waals surface area contributed by atoms with Crippen molar-refractivity contribution < 1.29 is 20.1 Å². The summed E-state index contributed by atoms with van der Waals surface area (Å²) in [6.07, 6.45) is 10.7. The van der Waals surface area contributed by atoms with E-state index in [1.807, 2.05) is 36.8 Å². The normalized spacial score (nSPS) is 10.9. The molecule has 306 valence electrons. The number of hydrogen-bond acceptors (Lipinski definition) is 6. The fourth-order valence-corrected chi connectivity index (χ4v) is 7.94. The third kappa shape index (κ3) is 9.04. The van der Waals surface area contributed by atoms with Gasteiger partial charge in [-0.05, 0) is 102 Å². The number of nitrogens with zero attached hydrogens (tertiary/aromatic N) is 6. The largest absolute Gasteiger partial charge is 3.00 e. The van der Waals surface area contributed by atoms with E-state index in [1.165, 1.54) is 0 Å². The van der Waals surface area contributed by atoms with Gasteiger partial charge in [0, 0.05) is 34.0 Å². The topological polar surface area (TPSA) is 77.3 Å². The predicted octanol–water partition coefficient (Wildman–Crippen LogP) is 14.4. The van der Waals surface area contributed by atoms with Gasteiger partial charge in [0.05, 0.1) is 0 Å². The standard InChI is InChI=1S/C54H30Cl3N6.Ir/c55-52-22-16-37(31-61-52)49-19-13-34(28-58-49)43-7-1-4-10-46(43)40-25-41(47-11-5-2-8-44(47)35-14-20-50(59-29-35)38-17-23-53(56)62-32-38)27-42(26-40)48-12-6-3-9-45(48)36-15-21-51(60-30-36)39-18-24-54(57)63-33-39;/h1-15,19-33H;/q-3;+3. The van der Waals surface area contributed by atoms with Crippen molar-refractivity contribution in [2.24, 2.45) is 0 Å². The van der Waals surface area contributed by atoms with Crippen LogP contribution in [-0.2, 0) is 20.1 Å². The summed E-state index contributed by atoms with van der Waals surface area (Å²) in [5, 5.41) is 1.16. The Morgan fingerprint density at radius 2 is 0.562 bits per heavy atom. The van der Waals surface area contributed by atoms with E-state index < -0.39 is 0 Å². The van der Waals surface area contributed by atoms with Crippen LogP contribution in [0.2, 0.25) is 15.5 Å². The number of aromatic nitrogens is 6. The maximum Gasteiger partial charge on any atom is 3.00 e. The molecule has 10 rings (SSSR count). The van der Waals surface area contributed by atoms with E-state index in [0.29, 0.717) is 15.5 Å². The van der Waals surface area contributed by atoms with Crippen LogP contribution in [0.4, 0.5) is 0 Å². The zero-order valence-electron chi connectivity index (χ0n) is 33.5. The molecule has 0 saturated heterocycles. The summed E-state index contributed by atoms with van der Waals surface area (Å²) in [5.41, 5.74) is 16.9. The molecule has 0 aliphatic heterocycles. The molecular weight excluding hydrogens is 1030 g/mol. The van der Waals surface area contributed by atoms with E-state index in [2.05, 4.69) is 142 Å². The molecule has 6 nitrogen and oxygen atoms in total. The van der Waals surface area contributed by atoms with Crippen molar-refractivity contribution in [3.63, 3.8) is 0 Å². The summed E-state index contributed by atoms with van der Waals surface area (Å²) in [6.45, 7) is 0. The summed E-state index contributed by atoms with van der Waals surface area (Å²) in [6, 6.07) is 58.8. The van der Waals surface area contributed by atoms with E-state index in [-0.39, 0.29) is 20.1 Å². The second kappa shape index (κ2) is 19.0. The van der Waals surface area contributed by atoms with Crippen LogP contribution in [0.3, 0.4) is 0 Å². The first kappa shape index (κ1) is 42.6. The van der Waals surface area contributed by atoms with Crippen LogP contribution < -0.4 is 0 Å². The maximum atomic E-state index is 6.04. The summed E-state index contributed by atoms with van der Waals surface area (Å²) >= 11 is 18.1. The molecule has 4 aromatic carbocycles. The van der Waals surface area contributed by atoms with Crippen LogP contribution in [0.25, 0.3) is 101 Å². The molecule has 64 heavy (non-hydrogen) atoms. The van der Waals surface area contributed by atoms with E-state index in [4.69, 9.17) is 49.8 Å². The minimum atomic E-state index is 0. The van der Waals surface area contributed by atoms with Crippen molar-refractivity contribution in [1.82, 2.24) is 29.9 Å². The van der Waals surface area contributed by atoms with Gasteiger partial charge in [-0.1, -0.05) is 128 Å². The van der Waals surface area contributed by atoms with E-state index in [0.717, 1.165) is 101 Å². The molecule has 0 bridgehead atoms. The van der Waals surface area contributed by atoms with Crippen LogP contribution in [0.1, 0.15) is 0 Å². The number of pyridine rings is 6. The summed E-state index contributed by atoms with van der Waals surface area (Å²) in [5.74, 6) is 0. The van der Waals surface area contributed by atoms with Gasteiger partial charge in [-0.25, -0.2) is 0 Å². The Labute approximate surface area is 399 Å². The molecule has 10 heteroatoms. The zero-order chi connectivity index (χ0) is 42.7. The van der Waals surface area contributed by atoms with Gasteiger partial charge in [0.2, 0.25) is 0 Å². The maximum absolute atomic E-state index is 6.04. The zero-order valence-corrected chi connectivity index (χ0v) is 38.1. The Morgan fingerprint density at radius 1 is 0.297 bits per heavy atom. The summed E-state index contributed by atoms with van der Waals surface area (Å²) < 4.78 is 0. The van der Waals surface area contributed by atoms with Gasteiger partial charge in [-0.2, -0.15) is 0 Å². The molecule has 6 aromatic heterocycles. The molecule has 0 atom stereocenters. The number of hydrogen-bond donors (Lipinski definition) is 0. The van der Waals surface area contributed by atoms with Crippen LogP contribution in [0, 0.1) is 18.2 Å². The first-order valence-electron chi connectivity index (χ1n) is 19.9. The fourth-order valence-electron chi connectivity index (χ4n) is 7.63. The van der Waals surface area contributed by atoms with Crippen molar-refractivity contribution in [2.75, 3.05) is 0 Å². The molecule has 10 aromatic rings. The van der Waals surface area contributed by atoms with Crippen molar-refractivity contribution in [1.29, 1.82) is 0 Å². The van der Waals surface area contributed by atoms with E-state index >= 15 is 0 Å². The molecule has 6 heterocycles. The molecule has 0 spiro atoms. The summed E-state index contributed by atoms with van der Waals surface area (Å²) in [7, 11) is 0. The molecule has 0 saturated carbocycles. The van der Waals surface area contributed by atoms with E-state index in [9.17, 15) is 0 Å². The average molecular weight is 1060 g/mol. The molecular formula is C54H30Cl3IrN6. The van der Waals surface area contributed by atoms with Gasteiger partial charge in [0.15, 0.2) is 0 Å². The first-order valence-corrected chi connectivity index (χ1v) is 21.0. The minimum Gasteiger partial charge on any atom is -0.341 e. The SMILES string of the molecule is Clc1c[c-]c(-c2ccc(-c3ccccc3-c3cc(-c4ccccc4-c4ccc(-c5[c-]cc(Cl)nc5)nc4)cc(-c4ccccc4-c4ccc(-c5[c-]cc(Cl)nc5)nc4)c3)cn2)cn1.[Ir+3]. The van der Waals surface area contributed by atoms with Gasteiger partial charge >= 0.3 is 20.1 Å². The third-order valence-electron chi connectivity index (χ3n) is 10.7. The first-order chi connectivity index (χ1) is 30.9. The number of benzene rings is 4. The van der Waals surface area contributed by atoms with Gasteiger partial charge in [-0.15, -0.1) is 87.9 Å². The number of rotatable bonds is 9. The average Bonchev–Trinajstić information content (AvgIpc) is 3.35. The van der Waals surface area contributed by atoms with Gasteiger partial charge < -0.3 is 29.9 Å². The van der Waals surface area contributed by atoms with Crippen LogP contribution >= 0.6 is 34.8 Å². The third-order valence-corrected chi connectivity index (χ3v) is 11.3. The predicted molar refractivity (Wildman–Crippen MR) is 254 cm³/mol. The number of halogens is 3. The molecule has 0 fully saturated rings. The van der Waals surface area contributed by atoms with Crippen LogP contribution in [-0.4, -0.2) is 29.9 Å². The van der Waals surface area contributed by atoms with Crippen LogP contribution in [0.5, 0.6) is 0 Å². The second-order valence-corrected chi connectivity index (χ2v) is 15.7. The quantitative estimate of drug-likeness (QED) is 0.106. The monoisotopic (exact) mass is 1060 g/mol. The van der Waals surface area contributed by atoms with Crippen molar-refractivity contribution in [3.05, 3.63) is 216 Å². The van der Waals surface area contributed by atoms with Crippen molar-refractivity contribution >= 4 is 34.8 Å². The smallest absolute Gasteiger partial charge is 0.341 e. The molecule has 0 amide bonds. The van der Waals surface area contributed by atoms with E-state index in [1.54, 1.807) is 36.8 Å². The Bertz CT molecular complexity index is 2860. The Balaban J connectivity index is 0.00000518. The van der Waals surface area contributed by atoms with Crippen molar-refractivity contribution in [3.8, 4) is 101 Å². The summed E-state index contributed by atoms with van der Waals surface area (Å²) in [4.78, 5) is 27.1. The Morgan fingerprint density at radius 3 is 0.781 bits per heavy atom. The van der Waals surface area contributed by atoms with Gasteiger partial charge in [-0.3, -0.25) is 0 Å². The second-order valence-electron chi connectivity index (χ2n) is 14.6. The molecule has 0 aliphatic carbocycles. The van der Waals surface area contributed by atoms with Crippen LogP contribution in [0.15, 0.2) is 183 Å². The van der Waals surface area contributed by atoms with Gasteiger partial charge in [0.25, 0.3) is 0 Å². The molecule has 0 unspecified atom stereocenters. The Hall–Kier alpha value is -6.70. The minimum absolute atomic E-state index is 0. The fraction of sp³-hybridized carbons (Fsp3) is 0. The van der Waals surface area contributed by atoms with Crippen molar-refractivity contribution in [2.45, 2.75) is 0 Å². The molecule has 0 N–H and O–H groups in total. The Kier molecular flexibility index (Phi) is 12.6. The van der Waals surface area contributed by atoms with Gasteiger partial charge in [0.1, 0.15) is 0 Å². The molecule has 0 aliphatic rings.